The van der Waals surface area contributed by atoms with E-state index in [2.05, 4.69) is 10.2 Å². The average molecular weight is 486 g/mol. The van der Waals surface area contributed by atoms with Gasteiger partial charge in [-0.15, -0.1) is 0 Å². The predicted molar refractivity (Wildman–Crippen MR) is 122 cm³/mol. The molecule has 0 bridgehead atoms. The van der Waals surface area contributed by atoms with E-state index in [0.717, 1.165) is 43.5 Å². The van der Waals surface area contributed by atoms with Gasteiger partial charge in [-0.1, -0.05) is 48.2 Å². The monoisotopic (exact) mass is 485 g/mol. The van der Waals surface area contributed by atoms with Crippen LogP contribution in [0.3, 0.4) is 0 Å². The van der Waals surface area contributed by atoms with Gasteiger partial charge in [0.2, 0.25) is 15.9 Å². The third-order valence-corrected chi connectivity index (χ3v) is 6.81. The van der Waals surface area contributed by atoms with E-state index < -0.39 is 10.0 Å². The van der Waals surface area contributed by atoms with Crippen molar-refractivity contribution in [3.63, 3.8) is 0 Å². The van der Waals surface area contributed by atoms with Crippen LogP contribution in [0.4, 0.5) is 5.69 Å². The Morgan fingerprint density at radius 3 is 2.39 bits per heavy atom. The lowest BCUT2D eigenvalue weighted by molar-refractivity contribution is -0.117. The average Bonchev–Trinajstić information content (AvgIpc) is 2.95. The van der Waals surface area contributed by atoms with Crippen molar-refractivity contribution in [1.29, 1.82) is 0 Å². The summed E-state index contributed by atoms with van der Waals surface area (Å²) in [4.78, 5) is 14.8. The molecule has 1 saturated heterocycles. The SMILES string of the molecule is COc1ccc(C2CCCCCN2CC(=O)Nc2c(Cl)cc(S(N)(=O)=O)cc2Cl)cc1. The van der Waals surface area contributed by atoms with Crippen LogP contribution >= 0.6 is 23.2 Å². The topological polar surface area (TPSA) is 102 Å². The van der Waals surface area contributed by atoms with Gasteiger partial charge >= 0.3 is 0 Å². The number of benzene rings is 2. The highest BCUT2D eigenvalue weighted by atomic mass is 35.5. The Bertz CT molecular complexity index is 1020. The van der Waals surface area contributed by atoms with Gasteiger partial charge in [0, 0.05) is 6.04 Å². The summed E-state index contributed by atoms with van der Waals surface area (Å²) in [7, 11) is -2.33. The zero-order valence-electron chi connectivity index (χ0n) is 17.1. The molecule has 1 amide bonds. The van der Waals surface area contributed by atoms with Crippen LogP contribution < -0.4 is 15.2 Å². The summed E-state index contributed by atoms with van der Waals surface area (Å²) in [5, 5.41) is 7.85. The van der Waals surface area contributed by atoms with Crippen molar-refractivity contribution in [1.82, 2.24) is 4.90 Å². The maximum Gasteiger partial charge on any atom is 0.238 e. The quantitative estimate of drug-likeness (QED) is 0.637. The van der Waals surface area contributed by atoms with Gasteiger partial charge < -0.3 is 10.1 Å². The van der Waals surface area contributed by atoms with Gasteiger partial charge in [-0.05, 0) is 49.2 Å². The molecule has 1 atom stereocenters. The standard InChI is InChI=1S/C21H25Cl2N3O4S/c1-30-15-8-6-14(7-9-15)19-5-3-2-4-10-26(19)13-20(27)25-21-17(22)11-16(12-18(21)23)31(24,28)29/h6-9,11-12,19H,2-5,10,13H2,1H3,(H,25,27)(H2,24,28,29). The Morgan fingerprint density at radius 1 is 1.16 bits per heavy atom. The molecular weight excluding hydrogens is 461 g/mol. The highest BCUT2D eigenvalue weighted by molar-refractivity contribution is 7.89. The summed E-state index contributed by atoms with van der Waals surface area (Å²) < 4.78 is 28.3. The van der Waals surface area contributed by atoms with Gasteiger partial charge in [0.05, 0.1) is 34.3 Å². The number of nitrogens with one attached hydrogen (secondary N) is 1. The van der Waals surface area contributed by atoms with Gasteiger partial charge in [-0.2, -0.15) is 0 Å². The van der Waals surface area contributed by atoms with Crippen LogP contribution in [0.2, 0.25) is 10.0 Å². The molecule has 2 aromatic carbocycles. The van der Waals surface area contributed by atoms with Crippen molar-refractivity contribution >= 4 is 44.8 Å². The number of primary sulfonamides is 1. The van der Waals surface area contributed by atoms with Gasteiger partial charge in [0.25, 0.3) is 0 Å². The molecule has 31 heavy (non-hydrogen) atoms. The second-order valence-electron chi connectivity index (χ2n) is 7.46. The van der Waals surface area contributed by atoms with E-state index in [1.165, 1.54) is 12.1 Å². The lowest BCUT2D eigenvalue weighted by Gasteiger charge is -2.30. The first-order valence-electron chi connectivity index (χ1n) is 9.88. The Labute approximate surface area is 192 Å². The van der Waals surface area contributed by atoms with Crippen LogP contribution in [0.1, 0.15) is 37.3 Å². The first kappa shape index (κ1) is 23.8. The van der Waals surface area contributed by atoms with E-state index in [1.54, 1.807) is 7.11 Å². The Kier molecular flexibility index (Phi) is 7.82. The molecule has 1 aliphatic rings. The van der Waals surface area contributed by atoms with E-state index in [0.29, 0.717) is 0 Å². The minimum absolute atomic E-state index is 0.00689. The fourth-order valence-corrected chi connectivity index (χ4v) is 5.03. The molecule has 1 aliphatic heterocycles. The number of likely N-dealkylation sites (tertiary alicyclic amines) is 1. The lowest BCUT2D eigenvalue weighted by Crippen LogP contribution is -2.36. The number of rotatable bonds is 6. The summed E-state index contributed by atoms with van der Waals surface area (Å²) in [5.41, 5.74) is 1.29. The number of sulfonamides is 1. The number of nitrogens with zero attached hydrogens (tertiary/aromatic N) is 1. The van der Waals surface area contributed by atoms with Gasteiger partial charge in [0.15, 0.2) is 0 Å². The molecule has 2 aromatic rings. The molecule has 3 N–H and O–H groups in total. The summed E-state index contributed by atoms with van der Waals surface area (Å²) in [5.74, 6) is 0.501. The number of carbonyl (C=O) groups is 1. The normalized spacial score (nSPS) is 17.7. The van der Waals surface area contributed by atoms with Crippen molar-refractivity contribution in [3.05, 3.63) is 52.0 Å². The number of carbonyl (C=O) groups excluding carboxylic acids is 1. The Morgan fingerprint density at radius 2 is 1.81 bits per heavy atom. The van der Waals surface area contributed by atoms with Crippen LogP contribution in [0.5, 0.6) is 5.75 Å². The smallest absolute Gasteiger partial charge is 0.238 e. The molecule has 0 aliphatic carbocycles. The molecule has 3 rings (SSSR count). The second-order valence-corrected chi connectivity index (χ2v) is 9.84. The van der Waals surface area contributed by atoms with Crippen molar-refractivity contribution in [2.24, 2.45) is 5.14 Å². The maximum atomic E-state index is 12.8. The molecule has 0 aromatic heterocycles. The minimum Gasteiger partial charge on any atom is -0.497 e. The first-order valence-corrected chi connectivity index (χ1v) is 12.2. The molecule has 1 fully saturated rings. The van der Waals surface area contributed by atoms with E-state index in [-0.39, 0.29) is 39.1 Å². The zero-order valence-corrected chi connectivity index (χ0v) is 19.4. The fraction of sp³-hybridized carbons (Fsp3) is 0.381. The number of halogens is 2. The molecule has 168 valence electrons. The van der Waals surface area contributed by atoms with Gasteiger partial charge in [-0.25, -0.2) is 13.6 Å². The molecule has 10 heteroatoms. The van der Waals surface area contributed by atoms with E-state index in [1.807, 2.05) is 24.3 Å². The third-order valence-electron chi connectivity index (χ3n) is 5.32. The second kappa shape index (κ2) is 10.2. The van der Waals surface area contributed by atoms with Crippen LogP contribution in [-0.2, 0) is 14.8 Å². The van der Waals surface area contributed by atoms with E-state index >= 15 is 0 Å². The molecule has 0 spiro atoms. The number of methoxy groups -OCH3 is 1. The van der Waals surface area contributed by atoms with Crippen molar-refractivity contribution < 1.29 is 17.9 Å². The Balaban J connectivity index is 1.77. The minimum atomic E-state index is -3.96. The van der Waals surface area contributed by atoms with Crippen LogP contribution in [0.25, 0.3) is 0 Å². The van der Waals surface area contributed by atoms with Gasteiger partial charge in [-0.3, -0.25) is 9.69 Å². The number of nitrogens with two attached hydrogens (primary N) is 1. The van der Waals surface area contributed by atoms with E-state index in [9.17, 15) is 13.2 Å². The van der Waals surface area contributed by atoms with Crippen molar-refractivity contribution in [3.8, 4) is 5.75 Å². The van der Waals surface area contributed by atoms with Crippen LogP contribution in [0, 0.1) is 0 Å². The largest absolute Gasteiger partial charge is 0.497 e. The molecule has 1 heterocycles. The summed E-state index contributed by atoms with van der Waals surface area (Å²) >= 11 is 12.3. The first-order chi connectivity index (χ1) is 14.7. The van der Waals surface area contributed by atoms with Crippen LogP contribution in [0.15, 0.2) is 41.3 Å². The van der Waals surface area contributed by atoms with Gasteiger partial charge in [0.1, 0.15) is 5.75 Å². The van der Waals surface area contributed by atoms with Crippen LogP contribution in [-0.4, -0.2) is 39.4 Å². The zero-order chi connectivity index (χ0) is 22.6. The summed E-state index contributed by atoms with van der Waals surface area (Å²) in [6, 6.07) is 10.3. The third kappa shape index (κ3) is 6.11. The highest BCUT2D eigenvalue weighted by Gasteiger charge is 2.25. The molecular formula is C21H25Cl2N3O4S. The summed E-state index contributed by atoms with van der Waals surface area (Å²) in [6.45, 7) is 0.941. The number of hydrogen-bond donors (Lipinski definition) is 2. The predicted octanol–water partition coefficient (Wildman–Crippen LogP) is 4.21. The number of amides is 1. The summed E-state index contributed by atoms with van der Waals surface area (Å²) in [6.07, 6.45) is 4.15. The van der Waals surface area contributed by atoms with Crippen molar-refractivity contribution in [2.75, 3.05) is 25.5 Å². The number of hydrogen-bond acceptors (Lipinski definition) is 5. The lowest BCUT2D eigenvalue weighted by atomic mass is 10.0. The number of anilines is 1. The van der Waals surface area contributed by atoms with E-state index in [4.69, 9.17) is 33.1 Å². The molecule has 7 nitrogen and oxygen atoms in total. The number of ether oxygens (including phenoxy) is 1. The Hall–Kier alpha value is -1.84. The molecule has 0 saturated carbocycles. The fourth-order valence-electron chi connectivity index (χ4n) is 3.76. The highest BCUT2D eigenvalue weighted by Crippen LogP contribution is 2.34. The molecule has 0 radical (unpaired) electrons. The maximum absolute atomic E-state index is 12.8. The van der Waals surface area contributed by atoms with Crippen molar-refractivity contribution in [2.45, 2.75) is 36.6 Å². The molecule has 1 unspecified atom stereocenters.